The fourth-order valence-corrected chi connectivity index (χ4v) is 2.54. The molecule has 0 bridgehead atoms. The lowest BCUT2D eigenvalue weighted by atomic mass is 9.88. The Morgan fingerprint density at radius 2 is 2.40 bits per heavy atom. The predicted molar refractivity (Wildman–Crippen MR) is 61.0 cm³/mol. The van der Waals surface area contributed by atoms with Crippen LogP contribution >= 0.6 is 22.6 Å². The van der Waals surface area contributed by atoms with E-state index in [9.17, 15) is 13.6 Å². The van der Waals surface area contributed by atoms with Gasteiger partial charge in [0.1, 0.15) is 0 Å². The molecule has 0 saturated carbocycles. The largest absolute Gasteiger partial charge is 0.480 e. The van der Waals surface area contributed by atoms with Gasteiger partial charge in [0.15, 0.2) is 3.42 Å². The predicted octanol–water partition coefficient (Wildman–Crippen LogP) is 2.30. The molecule has 0 aromatic heterocycles. The van der Waals surface area contributed by atoms with Crippen molar-refractivity contribution in [2.45, 2.75) is 29.2 Å². The Balaban J connectivity index is 3.20. The molecule has 2 unspecified atom stereocenters. The van der Waals surface area contributed by atoms with Crippen LogP contribution in [0.5, 0.6) is 0 Å². The number of dihydropyridines is 1. The van der Waals surface area contributed by atoms with Crippen LogP contribution in [0.25, 0.3) is 0 Å². The zero-order valence-corrected chi connectivity index (χ0v) is 10.1. The topological polar surface area (TPSA) is 49.7 Å². The SMILES string of the molecule is CCC1N=CC=C(C(F)F)C1(I)C(=O)O. The van der Waals surface area contributed by atoms with Crippen LogP contribution in [0.15, 0.2) is 16.6 Å². The molecule has 0 fully saturated rings. The highest BCUT2D eigenvalue weighted by molar-refractivity contribution is 14.1. The Morgan fingerprint density at radius 3 is 2.80 bits per heavy atom. The molecular formula is C9H10F2INO2. The number of hydrogen-bond acceptors (Lipinski definition) is 2. The number of aliphatic carboxylic acids is 1. The van der Waals surface area contributed by atoms with Crippen molar-refractivity contribution in [2.24, 2.45) is 4.99 Å². The van der Waals surface area contributed by atoms with Gasteiger partial charge in [-0.25, -0.2) is 8.78 Å². The van der Waals surface area contributed by atoms with E-state index in [0.717, 1.165) is 6.08 Å². The second kappa shape index (κ2) is 4.54. The first-order valence-corrected chi connectivity index (χ1v) is 5.46. The molecule has 1 aliphatic rings. The second-order valence-electron chi connectivity index (χ2n) is 3.16. The molecular weight excluding hydrogens is 319 g/mol. The molecule has 0 aromatic carbocycles. The minimum atomic E-state index is -2.77. The number of alkyl halides is 3. The first-order valence-electron chi connectivity index (χ1n) is 4.38. The van der Waals surface area contributed by atoms with Gasteiger partial charge in [-0.05, 0) is 12.5 Å². The van der Waals surface area contributed by atoms with Gasteiger partial charge in [-0.1, -0.05) is 29.5 Å². The highest BCUT2D eigenvalue weighted by Crippen LogP contribution is 2.40. The molecule has 0 saturated heterocycles. The number of rotatable bonds is 3. The maximum atomic E-state index is 12.7. The number of carboxylic acid groups (broad SMARTS) is 1. The van der Waals surface area contributed by atoms with Crippen molar-refractivity contribution >= 4 is 34.8 Å². The molecule has 0 aliphatic carbocycles. The molecule has 6 heteroatoms. The van der Waals surface area contributed by atoms with Gasteiger partial charge >= 0.3 is 5.97 Å². The fraction of sp³-hybridized carbons (Fsp3) is 0.556. The minimum absolute atomic E-state index is 0.377. The summed E-state index contributed by atoms with van der Waals surface area (Å²) in [4.78, 5) is 15.0. The third-order valence-electron chi connectivity index (χ3n) is 2.33. The number of allylic oxidation sites excluding steroid dienone is 1. The molecule has 0 amide bonds. The minimum Gasteiger partial charge on any atom is -0.480 e. The highest BCUT2D eigenvalue weighted by atomic mass is 127. The van der Waals surface area contributed by atoms with Gasteiger partial charge in [0, 0.05) is 11.8 Å². The summed E-state index contributed by atoms with van der Waals surface area (Å²) in [5, 5.41) is 9.06. The molecule has 3 nitrogen and oxygen atoms in total. The third kappa shape index (κ3) is 2.04. The molecule has 2 atom stereocenters. The Bertz CT molecular complexity index is 330. The van der Waals surface area contributed by atoms with Gasteiger partial charge in [-0.15, -0.1) is 0 Å². The summed E-state index contributed by atoms with van der Waals surface area (Å²) in [6, 6.07) is -0.635. The van der Waals surface area contributed by atoms with E-state index < -0.39 is 21.9 Å². The lowest BCUT2D eigenvalue weighted by Crippen LogP contribution is -2.47. The molecule has 84 valence electrons. The number of aliphatic imine (C=N–C) groups is 1. The van der Waals surface area contributed by atoms with E-state index in [2.05, 4.69) is 4.99 Å². The summed E-state index contributed by atoms with van der Waals surface area (Å²) >= 11 is 1.56. The average molecular weight is 329 g/mol. The molecule has 0 spiro atoms. The van der Waals surface area contributed by atoms with Crippen molar-refractivity contribution in [3.8, 4) is 0 Å². The monoisotopic (exact) mass is 329 g/mol. The highest BCUT2D eigenvalue weighted by Gasteiger charge is 2.50. The Morgan fingerprint density at radius 1 is 1.80 bits per heavy atom. The van der Waals surface area contributed by atoms with Crippen LogP contribution in [0, 0.1) is 0 Å². The zero-order chi connectivity index (χ0) is 11.6. The lowest BCUT2D eigenvalue weighted by Gasteiger charge is -2.33. The summed E-state index contributed by atoms with van der Waals surface area (Å²) in [5.74, 6) is -1.27. The van der Waals surface area contributed by atoms with Gasteiger partial charge < -0.3 is 5.11 Å². The van der Waals surface area contributed by atoms with Gasteiger partial charge in [0.05, 0.1) is 6.04 Å². The Kier molecular flexibility index (Phi) is 3.80. The molecule has 15 heavy (non-hydrogen) atoms. The van der Waals surface area contributed by atoms with Crippen molar-refractivity contribution < 1.29 is 18.7 Å². The summed E-state index contributed by atoms with van der Waals surface area (Å²) in [6.45, 7) is 1.73. The van der Waals surface area contributed by atoms with Gasteiger partial charge in [0.2, 0.25) is 0 Å². The number of halogens is 3. The van der Waals surface area contributed by atoms with Crippen molar-refractivity contribution in [2.75, 3.05) is 0 Å². The summed E-state index contributed by atoms with van der Waals surface area (Å²) < 4.78 is 23.8. The number of carbonyl (C=O) groups is 1. The van der Waals surface area contributed by atoms with Gasteiger partial charge in [-0.3, -0.25) is 9.79 Å². The Hall–Kier alpha value is -0.530. The standard InChI is InChI=1S/C9H10F2INO2/c1-2-6-9(12,8(14)15)5(7(10)11)3-4-13-6/h3-4,6-7H,2H2,1H3,(H,14,15). The Labute approximate surface area is 99.4 Å². The fourth-order valence-electron chi connectivity index (χ4n) is 1.53. The molecule has 0 radical (unpaired) electrons. The first-order chi connectivity index (χ1) is 6.94. The van der Waals surface area contributed by atoms with E-state index in [-0.39, 0.29) is 5.57 Å². The molecule has 1 aliphatic heterocycles. The maximum Gasteiger partial charge on any atom is 0.326 e. The van der Waals surface area contributed by atoms with Gasteiger partial charge in [-0.2, -0.15) is 0 Å². The van der Waals surface area contributed by atoms with Crippen molar-refractivity contribution in [1.82, 2.24) is 0 Å². The summed E-state index contributed by atoms with van der Waals surface area (Å²) in [7, 11) is 0. The number of nitrogens with zero attached hydrogens (tertiary/aromatic N) is 1. The molecule has 1 N–H and O–H groups in total. The normalized spacial score (nSPS) is 30.5. The van der Waals surface area contributed by atoms with Crippen LogP contribution in [-0.2, 0) is 4.79 Å². The van der Waals surface area contributed by atoms with Crippen LogP contribution in [0.4, 0.5) is 8.78 Å². The summed E-state index contributed by atoms with van der Waals surface area (Å²) in [6.07, 6.45) is 0.00157. The quantitative estimate of drug-likeness (QED) is 0.638. The molecule has 1 heterocycles. The molecule has 1 rings (SSSR count). The van der Waals surface area contributed by atoms with Crippen molar-refractivity contribution in [3.05, 3.63) is 11.6 Å². The first kappa shape index (κ1) is 12.5. The third-order valence-corrected chi connectivity index (χ3v) is 4.14. The van der Waals surface area contributed by atoms with E-state index in [1.807, 2.05) is 0 Å². The van der Waals surface area contributed by atoms with Crippen molar-refractivity contribution in [3.63, 3.8) is 0 Å². The molecule has 0 aromatic rings. The van der Waals surface area contributed by atoms with E-state index in [1.54, 1.807) is 29.5 Å². The smallest absolute Gasteiger partial charge is 0.326 e. The van der Waals surface area contributed by atoms with Crippen LogP contribution in [0.1, 0.15) is 13.3 Å². The van der Waals surface area contributed by atoms with Crippen LogP contribution in [-0.4, -0.2) is 33.2 Å². The van der Waals surface area contributed by atoms with Crippen molar-refractivity contribution in [1.29, 1.82) is 0 Å². The van der Waals surface area contributed by atoms with E-state index in [4.69, 9.17) is 5.11 Å². The van der Waals surface area contributed by atoms with Crippen LogP contribution in [0.3, 0.4) is 0 Å². The zero-order valence-electron chi connectivity index (χ0n) is 7.95. The lowest BCUT2D eigenvalue weighted by molar-refractivity contribution is -0.139. The summed E-state index contributed by atoms with van der Waals surface area (Å²) in [5.41, 5.74) is -0.377. The number of carboxylic acids is 1. The number of hydrogen-bond donors (Lipinski definition) is 1. The van der Waals surface area contributed by atoms with Gasteiger partial charge in [0.25, 0.3) is 6.43 Å². The van der Waals surface area contributed by atoms with Crippen LogP contribution in [0.2, 0.25) is 0 Å². The van der Waals surface area contributed by atoms with E-state index in [0.29, 0.717) is 6.42 Å². The second-order valence-corrected chi connectivity index (χ2v) is 4.86. The average Bonchev–Trinajstić information content (AvgIpc) is 2.17. The van der Waals surface area contributed by atoms with Crippen LogP contribution < -0.4 is 0 Å². The van der Waals surface area contributed by atoms with E-state index in [1.165, 1.54) is 6.21 Å². The van der Waals surface area contributed by atoms with E-state index >= 15 is 0 Å². The maximum absolute atomic E-state index is 12.7.